The molecule has 0 radical (unpaired) electrons. The van der Waals surface area contributed by atoms with Gasteiger partial charge in [0.2, 0.25) is 0 Å². The average Bonchev–Trinajstić information content (AvgIpc) is 2.70. The van der Waals surface area contributed by atoms with Crippen LogP contribution >= 0.6 is 0 Å². The molecular weight excluding hydrogens is 404 g/mol. The van der Waals surface area contributed by atoms with Crippen molar-refractivity contribution in [1.82, 2.24) is 0 Å². The van der Waals surface area contributed by atoms with Crippen LogP contribution in [-0.4, -0.2) is 19.2 Å². The second kappa shape index (κ2) is 8.08. The smallest absolute Gasteiger partial charge is 0.268 e. The van der Waals surface area contributed by atoms with Crippen LogP contribution in [0.3, 0.4) is 0 Å². The van der Waals surface area contributed by atoms with E-state index in [2.05, 4.69) is 0 Å². The van der Waals surface area contributed by atoms with E-state index in [1.165, 1.54) is 37.3 Å². The molecule has 0 saturated heterocycles. The Morgan fingerprint density at radius 1 is 0.900 bits per heavy atom. The van der Waals surface area contributed by atoms with Gasteiger partial charge in [-0.15, -0.1) is 0 Å². The standard InChI is InChI=1S/C22H20N2O5S/c1-15-9-10-16(2)21(13-15)23(30(28,29)19-7-5-4-6-8-19)22(25)18-11-12-20(24(26)27)17(3)14-18/h4-14H,1-3H3. The first-order chi connectivity index (χ1) is 14.1. The number of nitro groups is 1. The lowest BCUT2D eigenvalue weighted by Gasteiger charge is -2.25. The number of nitrogens with zero attached hydrogens (tertiary/aromatic N) is 2. The highest BCUT2D eigenvalue weighted by Crippen LogP contribution is 2.30. The molecule has 154 valence electrons. The molecule has 0 heterocycles. The Hall–Kier alpha value is -3.52. The molecule has 3 rings (SSSR count). The summed E-state index contributed by atoms with van der Waals surface area (Å²) in [4.78, 5) is 24.0. The van der Waals surface area contributed by atoms with Crippen LogP contribution in [0.4, 0.5) is 11.4 Å². The van der Waals surface area contributed by atoms with E-state index in [1.54, 1.807) is 44.2 Å². The Kier molecular flexibility index (Phi) is 5.71. The van der Waals surface area contributed by atoms with Gasteiger partial charge >= 0.3 is 0 Å². The van der Waals surface area contributed by atoms with Crippen LogP contribution in [-0.2, 0) is 10.0 Å². The molecule has 3 aromatic rings. The maximum Gasteiger partial charge on any atom is 0.272 e. The number of sulfonamides is 1. The number of carbonyl (C=O) groups excluding carboxylic acids is 1. The highest BCUT2D eigenvalue weighted by molar-refractivity contribution is 7.93. The van der Waals surface area contributed by atoms with Crippen LogP contribution in [0.1, 0.15) is 27.0 Å². The number of hydrogen-bond acceptors (Lipinski definition) is 5. The molecule has 0 aliphatic carbocycles. The van der Waals surface area contributed by atoms with Crippen LogP contribution in [0.15, 0.2) is 71.6 Å². The number of nitro benzene ring substituents is 1. The van der Waals surface area contributed by atoms with Gasteiger partial charge in [0.05, 0.1) is 15.5 Å². The molecule has 1 amide bonds. The van der Waals surface area contributed by atoms with Gasteiger partial charge in [-0.3, -0.25) is 14.9 Å². The summed E-state index contributed by atoms with van der Waals surface area (Å²) in [5, 5.41) is 11.1. The van der Waals surface area contributed by atoms with E-state index in [-0.39, 0.29) is 27.4 Å². The van der Waals surface area contributed by atoms with Crippen LogP contribution < -0.4 is 4.31 Å². The van der Waals surface area contributed by atoms with Crippen molar-refractivity contribution in [2.75, 3.05) is 4.31 Å². The van der Waals surface area contributed by atoms with Crippen molar-refractivity contribution in [3.8, 4) is 0 Å². The molecule has 0 unspecified atom stereocenters. The normalized spacial score (nSPS) is 11.2. The quantitative estimate of drug-likeness (QED) is 0.442. The highest BCUT2D eigenvalue weighted by atomic mass is 32.2. The van der Waals surface area contributed by atoms with Gasteiger partial charge in [0.1, 0.15) is 0 Å². The summed E-state index contributed by atoms with van der Waals surface area (Å²) in [6.45, 7) is 5.02. The van der Waals surface area contributed by atoms with Gasteiger partial charge in [-0.25, -0.2) is 8.42 Å². The maximum atomic E-state index is 13.5. The number of amides is 1. The molecule has 0 bridgehead atoms. The first-order valence-corrected chi connectivity index (χ1v) is 10.5. The SMILES string of the molecule is Cc1ccc(C)c(N(C(=O)c2ccc([N+](=O)[O-])c(C)c2)S(=O)(=O)c2ccccc2)c1. The number of carbonyl (C=O) groups is 1. The van der Waals surface area contributed by atoms with Gasteiger partial charge in [-0.05, 0) is 62.2 Å². The van der Waals surface area contributed by atoms with Gasteiger partial charge in [0, 0.05) is 17.2 Å². The van der Waals surface area contributed by atoms with Crippen molar-refractivity contribution in [3.63, 3.8) is 0 Å². The fourth-order valence-corrected chi connectivity index (χ4v) is 4.59. The molecule has 3 aromatic carbocycles. The molecule has 0 spiro atoms. The minimum atomic E-state index is -4.23. The molecule has 0 aromatic heterocycles. The van der Waals surface area contributed by atoms with E-state index >= 15 is 0 Å². The van der Waals surface area contributed by atoms with Gasteiger partial charge in [0.15, 0.2) is 0 Å². The number of aryl methyl sites for hydroxylation is 3. The molecule has 30 heavy (non-hydrogen) atoms. The molecular formula is C22H20N2O5S. The van der Waals surface area contributed by atoms with E-state index in [0.29, 0.717) is 5.56 Å². The third-order valence-corrected chi connectivity index (χ3v) is 6.40. The Balaban J connectivity index is 2.22. The zero-order valence-corrected chi connectivity index (χ0v) is 17.5. The summed E-state index contributed by atoms with van der Waals surface area (Å²) in [5.41, 5.74) is 1.79. The summed E-state index contributed by atoms with van der Waals surface area (Å²) in [5.74, 6) is -0.787. The predicted octanol–water partition coefficient (Wildman–Crippen LogP) is 4.56. The van der Waals surface area contributed by atoms with Crippen molar-refractivity contribution < 1.29 is 18.1 Å². The maximum absolute atomic E-state index is 13.5. The Morgan fingerprint density at radius 3 is 2.17 bits per heavy atom. The largest absolute Gasteiger partial charge is 0.272 e. The first kappa shape index (κ1) is 21.2. The fraction of sp³-hybridized carbons (Fsp3) is 0.136. The summed E-state index contributed by atoms with van der Waals surface area (Å²) in [6.07, 6.45) is 0. The topological polar surface area (TPSA) is 97.6 Å². The third kappa shape index (κ3) is 3.95. The fourth-order valence-electron chi connectivity index (χ4n) is 3.09. The Labute approximate surface area is 174 Å². The van der Waals surface area contributed by atoms with Gasteiger partial charge in [-0.2, -0.15) is 4.31 Å². The molecule has 0 N–H and O–H groups in total. The number of benzene rings is 3. The third-order valence-electron chi connectivity index (χ3n) is 4.69. The summed E-state index contributed by atoms with van der Waals surface area (Å²) in [6, 6.07) is 16.7. The molecule has 0 aliphatic heterocycles. The number of rotatable bonds is 5. The molecule has 8 heteroatoms. The second-order valence-electron chi connectivity index (χ2n) is 6.94. The number of anilines is 1. The van der Waals surface area contributed by atoms with Crippen LogP contribution in [0.5, 0.6) is 0 Å². The zero-order chi connectivity index (χ0) is 22.1. The Bertz CT molecular complexity index is 1240. The number of hydrogen-bond donors (Lipinski definition) is 0. The highest BCUT2D eigenvalue weighted by Gasteiger charge is 2.33. The molecule has 0 saturated carbocycles. The second-order valence-corrected chi connectivity index (χ2v) is 8.72. The van der Waals surface area contributed by atoms with Crippen molar-refractivity contribution in [2.24, 2.45) is 0 Å². The van der Waals surface area contributed by atoms with Gasteiger partial charge < -0.3 is 0 Å². The predicted molar refractivity (Wildman–Crippen MR) is 114 cm³/mol. The van der Waals surface area contributed by atoms with Crippen molar-refractivity contribution in [2.45, 2.75) is 25.7 Å². The summed E-state index contributed by atoms with van der Waals surface area (Å²) in [7, 11) is -4.23. The monoisotopic (exact) mass is 424 g/mol. The van der Waals surface area contributed by atoms with Crippen LogP contribution in [0.25, 0.3) is 0 Å². The van der Waals surface area contributed by atoms with Crippen molar-refractivity contribution in [1.29, 1.82) is 0 Å². The lowest BCUT2D eigenvalue weighted by Crippen LogP contribution is -2.37. The summed E-state index contributed by atoms with van der Waals surface area (Å²) < 4.78 is 27.7. The first-order valence-electron chi connectivity index (χ1n) is 9.10. The molecule has 0 atom stereocenters. The molecule has 0 fully saturated rings. The minimum absolute atomic E-state index is 0.0297. The van der Waals surface area contributed by atoms with Crippen LogP contribution in [0, 0.1) is 30.9 Å². The van der Waals surface area contributed by atoms with Crippen molar-refractivity contribution >= 4 is 27.3 Å². The van der Waals surface area contributed by atoms with E-state index < -0.39 is 20.9 Å². The van der Waals surface area contributed by atoms with E-state index in [4.69, 9.17) is 0 Å². The minimum Gasteiger partial charge on any atom is -0.268 e. The van der Waals surface area contributed by atoms with Gasteiger partial charge in [-0.1, -0.05) is 30.3 Å². The van der Waals surface area contributed by atoms with E-state index in [0.717, 1.165) is 9.87 Å². The van der Waals surface area contributed by atoms with E-state index in [1.807, 2.05) is 6.07 Å². The summed E-state index contributed by atoms with van der Waals surface area (Å²) >= 11 is 0. The lowest BCUT2D eigenvalue weighted by molar-refractivity contribution is -0.385. The van der Waals surface area contributed by atoms with Gasteiger partial charge in [0.25, 0.3) is 21.6 Å². The molecule has 7 nitrogen and oxygen atoms in total. The van der Waals surface area contributed by atoms with E-state index in [9.17, 15) is 23.3 Å². The Morgan fingerprint density at radius 2 is 1.57 bits per heavy atom. The molecule has 0 aliphatic rings. The zero-order valence-electron chi connectivity index (χ0n) is 16.7. The average molecular weight is 424 g/mol. The van der Waals surface area contributed by atoms with Crippen LogP contribution in [0.2, 0.25) is 0 Å². The van der Waals surface area contributed by atoms with Crippen molar-refractivity contribution in [3.05, 3.63) is 99.1 Å². The lowest BCUT2D eigenvalue weighted by atomic mass is 10.1.